The summed E-state index contributed by atoms with van der Waals surface area (Å²) in [6.07, 6.45) is 3.42. The van der Waals surface area contributed by atoms with E-state index < -0.39 is 0 Å². The highest BCUT2D eigenvalue weighted by Gasteiger charge is 1.89. The molecule has 48 valence electrons. The molecule has 1 heterocycles. The van der Waals surface area contributed by atoms with Crippen molar-refractivity contribution >= 4 is 22.5 Å². The number of rotatable bonds is 1. The molecule has 9 heavy (non-hydrogen) atoms. The van der Waals surface area contributed by atoms with Crippen molar-refractivity contribution in [1.29, 1.82) is 0 Å². The molecule has 0 aliphatic carbocycles. The summed E-state index contributed by atoms with van der Waals surface area (Å²) < 4.78 is 0. The Morgan fingerprint density at radius 3 is 2.67 bits per heavy atom. The minimum absolute atomic E-state index is 0.837. The van der Waals surface area contributed by atoms with Gasteiger partial charge in [0.15, 0.2) is 0 Å². The van der Waals surface area contributed by atoms with E-state index in [1.807, 2.05) is 6.92 Å². The Morgan fingerprint density at radius 1 is 1.44 bits per heavy atom. The first-order valence-electron chi connectivity index (χ1n) is 2.43. The first-order valence-corrected chi connectivity index (χ1v) is 4.30. The molecule has 1 aromatic rings. The molecular formula is C5H6N2S2. The summed E-state index contributed by atoms with van der Waals surface area (Å²) in [6.45, 7) is 1.90. The van der Waals surface area contributed by atoms with Gasteiger partial charge in [0.05, 0.1) is 11.9 Å². The number of thiol groups is 1. The van der Waals surface area contributed by atoms with Crippen LogP contribution < -0.4 is 0 Å². The van der Waals surface area contributed by atoms with E-state index in [0.29, 0.717) is 0 Å². The van der Waals surface area contributed by atoms with Crippen LogP contribution >= 0.6 is 22.5 Å². The highest BCUT2D eigenvalue weighted by Crippen LogP contribution is 2.16. The molecule has 1 rings (SSSR count). The Morgan fingerprint density at radius 2 is 2.22 bits per heavy atom. The van der Waals surface area contributed by atoms with Gasteiger partial charge in [0.2, 0.25) is 0 Å². The van der Waals surface area contributed by atoms with Crippen LogP contribution in [0.4, 0.5) is 0 Å². The number of hydrogen-bond acceptors (Lipinski definition) is 4. The number of hydrogen-bond donors (Lipinski definition) is 1. The van der Waals surface area contributed by atoms with Crippen LogP contribution in [-0.4, -0.2) is 9.97 Å². The Hall–Kier alpha value is -0.220. The zero-order valence-electron chi connectivity index (χ0n) is 4.90. The van der Waals surface area contributed by atoms with Crippen LogP contribution in [0.5, 0.6) is 0 Å². The predicted molar refractivity (Wildman–Crippen MR) is 41.6 cm³/mol. The molecule has 1 aromatic heterocycles. The Bertz CT molecular complexity index is 185. The third kappa shape index (κ3) is 1.87. The minimum atomic E-state index is 0.837. The lowest BCUT2D eigenvalue weighted by molar-refractivity contribution is 1.02. The van der Waals surface area contributed by atoms with Crippen molar-refractivity contribution in [2.45, 2.75) is 11.9 Å². The standard InChI is InChI=1S/C5H6N2S2/c1-4-2-7-5(9-8)3-6-4/h2-3,8H,1H3. The van der Waals surface area contributed by atoms with Crippen LogP contribution in [0.25, 0.3) is 0 Å². The topological polar surface area (TPSA) is 25.8 Å². The number of aryl methyl sites for hydroxylation is 1. The van der Waals surface area contributed by atoms with E-state index in [-0.39, 0.29) is 0 Å². The summed E-state index contributed by atoms with van der Waals surface area (Å²) in [4.78, 5) is 8.04. The fourth-order valence-corrected chi connectivity index (χ4v) is 0.910. The van der Waals surface area contributed by atoms with Crippen LogP contribution in [0, 0.1) is 6.92 Å². The highest BCUT2D eigenvalue weighted by atomic mass is 33.1. The molecule has 0 N–H and O–H groups in total. The first-order chi connectivity index (χ1) is 4.33. The molecule has 0 spiro atoms. The lowest BCUT2D eigenvalue weighted by Crippen LogP contribution is -1.82. The predicted octanol–water partition coefficient (Wildman–Crippen LogP) is 1.72. The molecule has 0 aliphatic heterocycles. The van der Waals surface area contributed by atoms with E-state index >= 15 is 0 Å². The zero-order chi connectivity index (χ0) is 6.69. The van der Waals surface area contributed by atoms with E-state index in [4.69, 9.17) is 0 Å². The third-order valence-electron chi connectivity index (χ3n) is 0.851. The molecule has 0 aliphatic rings. The second-order valence-electron chi connectivity index (χ2n) is 1.59. The van der Waals surface area contributed by atoms with E-state index in [2.05, 4.69) is 21.6 Å². The smallest absolute Gasteiger partial charge is 0.125 e. The molecule has 0 atom stereocenters. The van der Waals surface area contributed by atoms with Crippen LogP contribution in [-0.2, 0) is 0 Å². The lowest BCUT2D eigenvalue weighted by Gasteiger charge is -1.91. The normalized spacial score (nSPS) is 9.56. The van der Waals surface area contributed by atoms with E-state index in [9.17, 15) is 0 Å². The third-order valence-corrected chi connectivity index (χ3v) is 1.81. The van der Waals surface area contributed by atoms with E-state index in [1.54, 1.807) is 12.4 Å². The largest absolute Gasteiger partial charge is 0.257 e. The van der Waals surface area contributed by atoms with E-state index in [0.717, 1.165) is 10.7 Å². The number of nitrogens with zero attached hydrogens (tertiary/aromatic N) is 2. The molecule has 4 heteroatoms. The van der Waals surface area contributed by atoms with Gasteiger partial charge in [0, 0.05) is 6.20 Å². The van der Waals surface area contributed by atoms with Gasteiger partial charge in [0.1, 0.15) is 5.03 Å². The summed E-state index contributed by atoms with van der Waals surface area (Å²) in [5.74, 6) is 0. The summed E-state index contributed by atoms with van der Waals surface area (Å²) in [5, 5.41) is 0.837. The minimum Gasteiger partial charge on any atom is -0.257 e. The van der Waals surface area contributed by atoms with Crippen molar-refractivity contribution in [1.82, 2.24) is 9.97 Å². The molecule has 0 fully saturated rings. The summed E-state index contributed by atoms with van der Waals surface area (Å²) in [7, 11) is 1.30. The molecule has 0 radical (unpaired) electrons. The second-order valence-corrected chi connectivity index (χ2v) is 2.74. The Kier molecular flexibility index (Phi) is 2.36. The molecule has 0 saturated carbocycles. The van der Waals surface area contributed by atoms with Gasteiger partial charge in [-0.1, -0.05) is 0 Å². The summed E-state index contributed by atoms with van der Waals surface area (Å²) >= 11 is 3.96. The highest BCUT2D eigenvalue weighted by molar-refractivity contribution is 8.68. The second kappa shape index (κ2) is 3.08. The fraction of sp³-hybridized carbons (Fsp3) is 0.200. The number of aromatic nitrogens is 2. The van der Waals surface area contributed by atoms with Gasteiger partial charge in [-0.3, -0.25) is 4.98 Å². The Labute approximate surface area is 62.9 Å². The van der Waals surface area contributed by atoms with Crippen LogP contribution in [0.1, 0.15) is 5.69 Å². The zero-order valence-corrected chi connectivity index (χ0v) is 6.62. The van der Waals surface area contributed by atoms with Gasteiger partial charge < -0.3 is 0 Å². The monoisotopic (exact) mass is 158 g/mol. The van der Waals surface area contributed by atoms with Gasteiger partial charge in [-0.15, -0.1) is 11.7 Å². The maximum atomic E-state index is 4.02. The molecule has 2 nitrogen and oxygen atoms in total. The van der Waals surface area contributed by atoms with Crippen LogP contribution in [0.15, 0.2) is 17.4 Å². The van der Waals surface area contributed by atoms with Gasteiger partial charge in [-0.2, -0.15) is 0 Å². The van der Waals surface area contributed by atoms with Crippen molar-refractivity contribution in [2.24, 2.45) is 0 Å². The molecular weight excluding hydrogens is 152 g/mol. The van der Waals surface area contributed by atoms with Crippen molar-refractivity contribution < 1.29 is 0 Å². The van der Waals surface area contributed by atoms with Crippen molar-refractivity contribution in [2.75, 3.05) is 0 Å². The van der Waals surface area contributed by atoms with Gasteiger partial charge >= 0.3 is 0 Å². The maximum Gasteiger partial charge on any atom is 0.125 e. The van der Waals surface area contributed by atoms with Crippen molar-refractivity contribution in [3.8, 4) is 0 Å². The molecule has 0 saturated heterocycles. The van der Waals surface area contributed by atoms with Crippen molar-refractivity contribution in [3.63, 3.8) is 0 Å². The van der Waals surface area contributed by atoms with Gasteiger partial charge in [-0.25, -0.2) is 4.98 Å². The lowest BCUT2D eigenvalue weighted by atomic mass is 10.5. The van der Waals surface area contributed by atoms with Gasteiger partial charge in [0.25, 0.3) is 0 Å². The summed E-state index contributed by atoms with van der Waals surface area (Å²) in [6, 6.07) is 0. The van der Waals surface area contributed by atoms with Crippen LogP contribution in [0.3, 0.4) is 0 Å². The quantitative estimate of drug-likeness (QED) is 0.498. The molecule has 0 unspecified atom stereocenters. The van der Waals surface area contributed by atoms with Crippen LogP contribution in [0.2, 0.25) is 0 Å². The summed E-state index contributed by atoms with van der Waals surface area (Å²) in [5.41, 5.74) is 0.932. The Balaban J connectivity index is 2.88. The SMILES string of the molecule is Cc1cnc(SS)cn1. The average Bonchev–Trinajstić information content (AvgIpc) is 1.90. The van der Waals surface area contributed by atoms with Gasteiger partial charge in [-0.05, 0) is 17.7 Å². The first kappa shape index (κ1) is 6.89. The average molecular weight is 158 g/mol. The fourth-order valence-electron chi connectivity index (χ4n) is 0.428. The molecule has 0 amide bonds. The molecule has 0 bridgehead atoms. The van der Waals surface area contributed by atoms with E-state index in [1.165, 1.54) is 10.8 Å². The van der Waals surface area contributed by atoms with Crippen molar-refractivity contribution in [3.05, 3.63) is 18.1 Å². The maximum absolute atomic E-state index is 4.02. The molecule has 0 aromatic carbocycles.